The van der Waals surface area contributed by atoms with E-state index >= 15 is 0 Å². The second-order valence-electron chi connectivity index (χ2n) is 3.55. The molecule has 3 heteroatoms. The van der Waals surface area contributed by atoms with E-state index in [9.17, 15) is 4.79 Å². The summed E-state index contributed by atoms with van der Waals surface area (Å²) in [7, 11) is 0. The molecule has 0 spiro atoms. The lowest BCUT2D eigenvalue weighted by Gasteiger charge is -2.11. The molecule has 2 aromatic heterocycles. The van der Waals surface area contributed by atoms with Crippen molar-refractivity contribution in [3.63, 3.8) is 0 Å². The normalized spacial score (nSPS) is 11.1. The minimum Gasteiger partial charge on any atom is -0.290 e. The molecule has 2 rings (SSSR count). The molecule has 0 aromatic carbocycles. The van der Waals surface area contributed by atoms with Crippen LogP contribution in [0, 0.1) is 0 Å². The summed E-state index contributed by atoms with van der Waals surface area (Å²) in [6, 6.07) is 7.37. The number of nitrogens with zero attached hydrogens (tertiary/aromatic N) is 2. The van der Waals surface area contributed by atoms with E-state index in [0.717, 1.165) is 11.0 Å². The first kappa shape index (κ1) is 8.94. The third-order valence-electron chi connectivity index (χ3n) is 2.20. The van der Waals surface area contributed by atoms with Crippen molar-refractivity contribution in [2.24, 2.45) is 0 Å². The van der Waals surface area contributed by atoms with Gasteiger partial charge in [0.05, 0.1) is 0 Å². The van der Waals surface area contributed by atoms with Crippen LogP contribution in [0.4, 0.5) is 0 Å². The van der Waals surface area contributed by atoms with Crippen LogP contribution in [0.2, 0.25) is 0 Å². The first-order valence-electron chi connectivity index (χ1n) is 4.66. The Morgan fingerprint density at radius 2 is 2.07 bits per heavy atom. The molecular weight excluding hydrogens is 176 g/mol. The predicted molar refractivity (Wildman–Crippen MR) is 56.4 cm³/mol. The maximum absolute atomic E-state index is 11.6. The summed E-state index contributed by atoms with van der Waals surface area (Å²) in [5.41, 5.74) is 0.765. The second kappa shape index (κ2) is 3.25. The van der Waals surface area contributed by atoms with Gasteiger partial charge in [0.25, 0.3) is 5.56 Å². The summed E-state index contributed by atoms with van der Waals surface area (Å²) >= 11 is 0. The number of aromatic nitrogens is 2. The topological polar surface area (TPSA) is 34.9 Å². The van der Waals surface area contributed by atoms with Gasteiger partial charge in [0.2, 0.25) is 0 Å². The first-order chi connectivity index (χ1) is 6.70. The SMILES string of the molecule is CC(C)n1c(=O)ccc2cccnc21. The highest BCUT2D eigenvalue weighted by Crippen LogP contribution is 2.11. The lowest BCUT2D eigenvalue weighted by atomic mass is 10.2. The molecule has 2 heterocycles. The molecule has 0 fully saturated rings. The predicted octanol–water partition coefficient (Wildman–Crippen LogP) is 1.98. The molecule has 72 valence electrons. The minimum atomic E-state index is 0.00574. The van der Waals surface area contributed by atoms with Crippen molar-refractivity contribution < 1.29 is 0 Å². The summed E-state index contributed by atoms with van der Waals surface area (Å²) in [4.78, 5) is 15.8. The average molecular weight is 188 g/mol. The number of fused-ring (bicyclic) bond motifs is 1. The number of rotatable bonds is 1. The van der Waals surface area contributed by atoms with Gasteiger partial charge in [0, 0.05) is 23.7 Å². The molecule has 14 heavy (non-hydrogen) atoms. The molecule has 0 aliphatic rings. The van der Waals surface area contributed by atoms with Gasteiger partial charge in [-0.3, -0.25) is 9.36 Å². The monoisotopic (exact) mass is 188 g/mol. The number of hydrogen-bond acceptors (Lipinski definition) is 2. The highest BCUT2D eigenvalue weighted by Gasteiger charge is 2.05. The van der Waals surface area contributed by atoms with Crippen molar-refractivity contribution >= 4 is 11.0 Å². The Morgan fingerprint density at radius 3 is 2.79 bits per heavy atom. The van der Waals surface area contributed by atoms with Gasteiger partial charge in [-0.05, 0) is 32.0 Å². The van der Waals surface area contributed by atoms with Crippen LogP contribution in [0.1, 0.15) is 19.9 Å². The lowest BCUT2D eigenvalue weighted by Crippen LogP contribution is -2.21. The molecular formula is C11H12N2O. The van der Waals surface area contributed by atoms with Crippen LogP contribution in [0.5, 0.6) is 0 Å². The molecule has 0 amide bonds. The molecule has 3 nitrogen and oxygen atoms in total. The summed E-state index contributed by atoms with van der Waals surface area (Å²) in [6.45, 7) is 3.96. The number of pyridine rings is 2. The largest absolute Gasteiger partial charge is 0.290 e. The summed E-state index contributed by atoms with van der Waals surface area (Å²) in [5.74, 6) is 0. The van der Waals surface area contributed by atoms with Gasteiger partial charge < -0.3 is 0 Å². The molecule has 0 saturated carbocycles. The third-order valence-corrected chi connectivity index (χ3v) is 2.20. The van der Waals surface area contributed by atoms with E-state index in [2.05, 4.69) is 4.98 Å². The third kappa shape index (κ3) is 1.31. The Balaban J connectivity index is 2.90. The highest BCUT2D eigenvalue weighted by atomic mass is 16.1. The Hall–Kier alpha value is -1.64. The van der Waals surface area contributed by atoms with Crippen molar-refractivity contribution in [3.05, 3.63) is 40.8 Å². The van der Waals surface area contributed by atoms with Crippen molar-refractivity contribution in [3.8, 4) is 0 Å². The van der Waals surface area contributed by atoms with Crippen LogP contribution < -0.4 is 5.56 Å². The van der Waals surface area contributed by atoms with Crippen LogP contribution in [0.15, 0.2) is 35.3 Å². The van der Waals surface area contributed by atoms with E-state index in [1.165, 1.54) is 0 Å². The Bertz CT molecular complexity index is 514. The van der Waals surface area contributed by atoms with Crippen molar-refractivity contribution in [2.75, 3.05) is 0 Å². The molecule has 2 aromatic rings. The Kier molecular flexibility index (Phi) is 2.08. The average Bonchev–Trinajstić information content (AvgIpc) is 2.17. The quantitative estimate of drug-likeness (QED) is 0.685. The van der Waals surface area contributed by atoms with Crippen molar-refractivity contribution in [1.29, 1.82) is 0 Å². The van der Waals surface area contributed by atoms with Crippen LogP contribution in [0.25, 0.3) is 11.0 Å². The number of hydrogen-bond donors (Lipinski definition) is 0. The maximum Gasteiger partial charge on any atom is 0.252 e. The molecule has 0 atom stereocenters. The van der Waals surface area contributed by atoms with Crippen LogP contribution in [0.3, 0.4) is 0 Å². The maximum atomic E-state index is 11.6. The van der Waals surface area contributed by atoms with Gasteiger partial charge in [-0.15, -0.1) is 0 Å². The van der Waals surface area contributed by atoms with Gasteiger partial charge in [0.15, 0.2) is 0 Å². The molecule has 0 aliphatic carbocycles. The Labute approximate surface area is 82.0 Å². The van der Waals surface area contributed by atoms with Crippen LogP contribution >= 0.6 is 0 Å². The fourth-order valence-corrected chi connectivity index (χ4v) is 1.59. The zero-order chi connectivity index (χ0) is 10.1. The van der Waals surface area contributed by atoms with Crippen molar-refractivity contribution in [2.45, 2.75) is 19.9 Å². The van der Waals surface area contributed by atoms with Gasteiger partial charge in [0.1, 0.15) is 5.65 Å². The fraction of sp³-hybridized carbons (Fsp3) is 0.273. The van der Waals surface area contributed by atoms with Gasteiger partial charge in [-0.25, -0.2) is 4.98 Å². The lowest BCUT2D eigenvalue weighted by molar-refractivity contribution is 0.595. The summed E-state index contributed by atoms with van der Waals surface area (Å²) in [6.07, 6.45) is 1.71. The van der Waals surface area contributed by atoms with Crippen LogP contribution in [-0.4, -0.2) is 9.55 Å². The van der Waals surface area contributed by atoms with Gasteiger partial charge in [-0.2, -0.15) is 0 Å². The van der Waals surface area contributed by atoms with Gasteiger partial charge in [-0.1, -0.05) is 0 Å². The molecule has 0 bridgehead atoms. The highest BCUT2D eigenvalue weighted by molar-refractivity contribution is 5.74. The molecule has 0 unspecified atom stereocenters. The second-order valence-corrected chi connectivity index (χ2v) is 3.55. The standard InChI is InChI=1S/C11H12N2O/c1-8(2)13-10(14)6-5-9-4-3-7-12-11(9)13/h3-8H,1-2H3. The van der Waals surface area contributed by atoms with E-state index < -0.39 is 0 Å². The Morgan fingerprint density at radius 1 is 1.29 bits per heavy atom. The molecule has 0 N–H and O–H groups in total. The van der Waals surface area contributed by atoms with E-state index in [4.69, 9.17) is 0 Å². The van der Waals surface area contributed by atoms with E-state index in [-0.39, 0.29) is 11.6 Å². The van der Waals surface area contributed by atoms with Crippen LogP contribution in [-0.2, 0) is 0 Å². The zero-order valence-corrected chi connectivity index (χ0v) is 8.27. The summed E-state index contributed by atoms with van der Waals surface area (Å²) in [5, 5.41) is 1.00. The van der Waals surface area contributed by atoms with Gasteiger partial charge >= 0.3 is 0 Å². The van der Waals surface area contributed by atoms with E-state index in [0.29, 0.717) is 0 Å². The van der Waals surface area contributed by atoms with Crippen molar-refractivity contribution in [1.82, 2.24) is 9.55 Å². The molecule has 0 aliphatic heterocycles. The first-order valence-corrected chi connectivity index (χ1v) is 4.66. The van der Waals surface area contributed by atoms with E-state index in [1.54, 1.807) is 16.8 Å². The minimum absolute atomic E-state index is 0.00574. The van der Waals surface area contributed by atoms with E-state index in [1.807, 2.05) is 32.0 Å². The smallest absolute Gasteiger partial charge is 0.252 e. The summed E-state index contributed by atoms with van der Waals surface area (Å²) < 4.78 is 1.70. The zero-order valence-electron chi connectivity index (χ0n) is 8.27. The fourth-order valence-electron chi connectivity index (χ4n) is 1.59. The molecule has 0 saturated heterocycles. The molecule has 0 radical (unpaired) electrons.